The number of nitrogens with one attached hydrogen (secondary N) is 2. The molecule has 9 heteroatoms. The maximum Gasteiger partial charge on any atom is 0.252 e. The fourth-order valence-corrected chi connectivity index (χ4v) is 4.00. The van der Waals surface area contributed by atoms with Gasteiger partial charge in [-0.3, -0.25) is 9.59 Å². The number of carbonyl (C=O) groups is 2. The van der Waals surface area contributed by atoms with Crippen LogP contribution in [0.2, 0.25) is 0 Å². The summed E-state index contributed by atoms with van der Waals surface area (Å²) in [6, 6.07) is 7.41. The Balaban J connectivity index is 1.41. The van der Waals surface area contributed by atoms with Crippen molar-refractivity contribution in [2.24, 2.45) is 0 Å². The van der Waals surface area contributed by atoms with E-state index < -0.39 is 48.2 Å². The number of carbonyl (C=O) groups excluding carboxylic acids is 2. The van der Waals surface area contributed by atoms with Gasteiger partial charge in [0.25, 0.3) is 5.91 Å². The van der Waals surface area contributed by atoms with Crippen molar-refractivity contribution in [1.82, 2.24) is 5.32 Å². The van der Waals surface area contributed by atoms with Gasteiger partial charge in [-0.25, -0.2) is 0 Å². The first kappa shape index (κ1) is 21.2. The summed E-state index contributed by atoms with van der Waals surface area (Å²) in [5.41, 5.74) is 1.63. The molecular weight excluding hydrogens is 392 g/mol. The number of rotatable bonds is 4. The van der Waals surface area contributed by atoms with Crippen molar-refractivity contribution in [2.75, 3.05) is 11.9 Å². The highest BCUT2D eigenvalue weighted by molar-refractivity contribution is 5.95. The van der Waals surface area contributed by atoms with Crippen molar-refractivity contribution in [3.05, 3.63) is 29.8 Å². The Hall–Kier alpha value is -2.04. The molecule has 5 atom stereocenters. The largest absolute Gasteiger partial charge is 0.345 e. The molecule has 0 aliphatic carbocycles. The third-order valence-corrected chi connectivity index (χ3v) is 5.26. The zero-order valence-corrected chi connectivity index (χ0v) is 17.8. The van der Waals surface area contributed by atoms with E-state index in [9.17, 15) is 9.59 Å². The zero-order chi connectivity index (χ0) is 21.7. The van der Waals surface area contributed by atoms with Gasteiger partial charge in [-0.1, -0.05) is 18.2 Å². The van der Waals surface area contributed by atoms with Crippen molar-refractivity contribution in [3.63, 3.8) is 0 Å². The number of para-hydroxylation sites is 1. The molecule has 3 saturated heterocycles. The second-order valence-corrected chi connectivity index (χ2v) is 8.67. The molecule has 0 spiro atoms. The highest BCUT2D eigenvalue weighted by atomic mass is 16.9. The molecule has 3 heterocycles. The minimum absolute atomic E-state index is 0.203. The second-order valence-electron chi connectivity index (χ2n) is 8.67. The van der Waals surface area contributed by atoms with E-state index in [1.165, 1.54) is 0 Å². The first-order chi connectivity index (χ1) is 14.0. The van der Waals surface area contributed by atoms with Crippen molar-refractivity contribution in [1.29, 1.82) is 0 Å². The van der Waals surface area contributed by atoms with Gasteiger partial charge in [0.2, 0.25) is 5.91 Å². The Kier molecular flexibility index (Phi) is 5.36. The number of anilines is 1. The molecule has 9 nitrogen and oxygen atoms in total. The molecule has 1 aromatic carbocycles. The number of benzene rings is 1. The van der Waals surface area contributed by atoms with E-state index in [1.54, 1.807) is 33.8 Å². The van der Waals surface area contributed by atoms with Crippen LogP contribution in [0.5, 0.6) is 0 Å². The molecule has 2 N–H and O–H groups in total. The molecule has 3 fully saturated rings. The predicted molar refractivity (Wildman–Crippen MR) is 105 cm³/mol. The van der Waals surface area contributed by atoms with E-state index in [2.05, 4.69) is 10.6 Å². The van der Waals surface area contributed by atoms with Crippen LogP contribution in [0.25, 0.3) is 0 Å². The number of amides is 2. The molecule has 3 aliphatic heterocycles. The van der Waals surface area contributed by atoms with Crippen molar-refractivity contribution < 1.29 is 33.3 Å². The van der Waals surface area contributed by atoms with E-state index >= 15 is 0 Å². The van der Waals surface area contributed by atoms with Gasteiger partial charge in [0.05, 0.1) is 6.54 Å². The van der Waals surface area contributed by atoms with Crippen LogP contribution in [0.15, 0.2) is 24.3 Å². The monoisotopic (exact) mass is 420 g/mol. The Morgan fingerprint density at radius 3 is 2.30 bits per heavy atom. The Labute approximate surface area is 175 Å². The fraction of sp³-hybridized carbons (Fsp3) is 0.619. The van der Waals surface area contributed by atoms with Crippen LogP contribution >= 0.6 is 0 Å². The maximum absolute atomic E-state index is 12.9. The lowest BCUT2D eigenvalue weighted by atomic mass is 9.98. The maximum atomic E-state index is 12.9. The first-order valence-electron chi connectivity index (χ1n) is 10.0. The molecule has 1 aromatic rings. The molecule has 0 aromatic heterocycles. The number of ether oxygens (including phenoxy) is 5. The van der Waals surface area contributed by atoms with Crippen LogP contribution in [-0.4, -0.2) is 60.6 Å². The lowest BCUT2D eigenvalue weighted by molar-refractivity contribution is -0.231. The van der Waals surface area contributed by atoms with Gasteiger partial charge in [-0.2, -0.15) is 0 Å². The lowest BCUT2D eigenvalue weighted by Gasteiger charge is -2.36. The summed E-state index contributed by atoms with van der Waals surface area (Å²) in [5, 5.41) is 5.41. The van der Waals surface area contributed by atoms with Crippen molar-refractivity contribution in [3.8, 4) is 0 Å². The van der Waals surface area contributed by atoms with Crippen molar-refractivity contribution >= 4 is 17.5 Å². The van der Waals surface area contributed by atoms with Crippen LogP contribution in [0.3, 0.4) is 0 Å². The van der Waals surface area contributed by atoms with Gasteiger partial charge in [0.1, 0.15) is 18.3 Å². The predicted octanol–water partition coefficient (Wildman–Crippen LogP) is 1.45. The quantitative estimate of drug-likeness (QED) is 0.760. The standard InChI is InChI=1S/C21H28N2O7/c1-11-8-6-7-9-12(11)23-13(24)10-22-18(25)16-14-15(28-20(2,3)27-14)17-19(26-16)30-21(4,5)29-17/h6-9,14-17,19H,10H2,1-5H3,(H,22,25)(H,23,24)/t14-,15+,16?,17-,19-/m1/s1. The fourth-order valence-electron chi connectivity index (χ4n) is 4.00. The van der Waals surface area contributed by atoms with Gasteiger partial charge in [0.15, 0.2) is 24.0 Å². The van der Waals surface area contributed by atoms with Crippen molar-refractivity contribution in [2.45, 2.75) is 76.9 Å². The molecule has 2 amide bonds. The van der Waals surface area contributed by atoms with E-state index in [0.717, 1.165) is 5.56 Å². The second kappa shape index (κ2) is 7.58. The molecule has 0 bridgehead atoms. The van der Waals surface area contributed by atoms with Crippen LogP contribution in [-0.2, 0) is 33.3 Å². The SMILES string of the molecule is Cc1ccccc1NC(=O)CNC(=O)C1O[C@@H]2OC(C)(C)O[C@@H]2[C@H]2OC(C)(C)O[C@@H]12. The zero-order valence-electron chi connectivity index (χ0n) is 17.8. The summed E-state index contributed by atoms with van der Waals surface area (Å²) in [6.07, 6.45) is -3.49. The third-order valence-electron chi connectivity index (χ3n) is 5.26. The molecular formula is C21H28N2O7. The average Bonchev–Trinajstić information content (AvgIpc) is 3.14. The first-order valence-corrected chi connectivity index (χ1v) is 10.0. The number of hydrogen-bond donors (Lipinski definition) is 2. The summed E-state index contributed by atoms with van der Waals surface area (Å²) in [7, 11) is 0. The molecule has 0 radical (unpaired) electrons. The summed E-state index contributed by atoms with van der Waals surface area (Å²) in [6.45, 7) is 8.78. The molecule has 3 aliphatic rings. The number of fused-ring (bicyclic) bond motifs is 3. The van der Waals surface area contributed by atoms with Gasteiger partial charge >= 0.3 is 0 Å². The molecule has 0 saturated carbocycles. The van der Waals surface area contributed by atoms with Crippen LogP contribution < -0.4 is 10.6 Å². The molecule has 4 rings (SSSR count). The third kappa shape index (κ3) is 4.21. The summed E-state index contributed by atoms with van der Waals surface area (Å²) >= 11 is 0. The van der Waals surface area contributed by atoms with E-state index in [4.69, 9.17) is 23.7 Å². The van der Waals surface area contributed by atoms with Crippen LogP contribution in [0.1, 0.15) is 33.3 Å². The topological polar surface area (TPSA) is 104 Å². The number of hydrogen-bond acceptors (Lipinski definition) is 7. The molecule has 30 heavy (non-hydrogen) atoms. The summed E-state index contributed by atoms with van der Waals surface area (Å²) < 4.78 is 29.5. The van der Waals surface area contributed by atoms with Crippen LogP contribution in [0, 0.1) is 6.92 Å². The van der Waals surface area contributed by atoms with Gasteiger partial charge in [0, 0.05) is 5.69 Å². The van der Waals surface area contributed by atoms with Gasteiger partial charge in [-0.15, -0.1) is 0 Å². The Bertz CT molecular complexity index is 840. The van der Waals surface area contributed by atoms with Gasteiger partial charge in [-0.05, 0) is 46.2 Å². The average molecular weight is 420 g/mol. The number of aryl methyl sites for hydroxylation is 1. The Morgan fingerprint density at radius 1 is 0.933 bits per heavy atom. The highest BCUT2D eigenvalue weighted by Gasteiger charge is 2.62. The van der Waals surface area contributed by atoms with Gasteiger partial charge < -0.3 is 34.3 Å². The van der Waals surface area contributed by atoms with E-state index in [0.29, 0.717) is 5.69 Å². The summed E-state index contributed by atoms with van der Waals surface area (Å²) in [4.78, 5) is 25.2. The minimum Gasteiger partial charge on any atom is -0.345 e. The minimum atomic E-state index is -0.998. The van der Waals surface area contributed by atoms with Crippen LogP contribution in [0.4, 0.5) is 5.69 Å². The molecule has 1 unspecified atom stereocenters. The highest BCUT2D eigenvalue weighted by Crippen LogP contribution is 2.44. The Morgan fingerprint density at radius 2 is 1.57 bits per heavy atom. The van der Waals surface area contributed by atoms with E-state index in [-0.39, 0.29) is 12.5 Å². The molecule has 164 valence electrons. The lowest BCUT2D eigenvalue weighted by Crippen LogP contribution is -2.59. The smallest absolute Gasteiger partial charge is 0.252 e. The van der Waals surface area contributed by atoms with E-state index in [1.807, 2.05) is 25.1 Å². The normalized spacial score (nSPS) is 33.4. The summed E-state index contributed by atoms with van der Waals surface area (Å²) in [5.74, 6) is -2.58.